The number of carbonyl (C=O) groups excluding carboxylic acids is 1. The number of hydrogen-bond acceptors (Lipinski definition) is 3. The Hall–Kier alpha value is -2.23. The molecule has 2 rings (SSSR count). The van der Waals surface area contributed by atoms with Gasteiger partial charge in [0.1, 0.15) is 11.5 Å². The number of benzene rings is 1. The minimum atomic E-state index is -0.209. The Kier molecular flexibility index (Phi) is 3.14. The minimum absolute atomic E-state index is 0.178. The molecule has 17 heavy (non-hydrogen) atoms. The van der Waals surface area contributed by atoms with Crippen LogP contribution in [0.5, 0.6) is 5.75 Å². The lowest BCUT2D eigenvalue weighted by Gasteiger charge is -2.06. The van der Waals surface area contributed by atoms with E-state index in [-0.39, 0.29) is 18.2 Å². The zero-order chi connectivity index (χ0) is 12.3. The highest BCUT2D eigenvalue weighted by Gasteiger charge is 2.11. The molecule has 0 spiro atoms. The second-order valence-electron chi connectivity index (χ2n) is 3.70. The maximum Gasteiger partial charge on any atom is 0.255 e. The lowest BCUT2D eigenvalue weighted by atomic mass is 10.2. The molecule has 0 fully saturated rings. The third-order valence-electron chi connectivity index (χ3n) is 2.53. The highest BCUT2D eigenvalue weighted by molar-refractivity contribution is 5.95. The van der Waals surface area contributed by atoms with Gasteiger partial charge in [0.15, 0.2) is 0 Å². The van der Waals surface area contributed by atoms with Crippen molar-refractivity contribution in [1.29, 1.82) is 0 Å². The maximum absolute atomic E-state index is 11.8. The molecule has 4 nitrogen and oxygen atoms in total. The molecule has 2 N–H and O–H groups in total. The standard InChI is InChI=1S/C13H13NO3/c1-9-11(6-7-17-9)13(16)14-8-10-4-2-3-5-12(10)15/h2-7,15H,8H2,1H3,(H,14,16). The van der Waals surface area contributed by atoms with Crippen molar-refractivity contribution in [3.63, 3.8) is 0 Å². The van der Waals surface area contributed by atoms with Gasteiger partial charge in [0, 0.05) is 12.1 Å². The van der Waals surface area contributed by atoms with E-state index in [4.69, 9.17) is 4.42 Å². The van der Waals surface area contributed by atoms with Crippen LogP contribution in [0.3, 0.4) is 0 Å². The van der Waals surface area contributed by atoms with E-state index in [1.54, 1.807) is 31.2 Å². The van der Waals surface area contributed by atoms with Crippen LogP contribution in [0.15, 0.2) is 41.0 Å². The normalized spacial score (nSPS) is 10.2. The summed E-state index contributed by atoms with van der Waals surface area (Å²) in [5.74, 6) is 0.552. The minimum Gasteiger partial charge on any atom is -0.508 e. The molecule has 0 saturated carbocycles. The van der Waals surface area contributed by atoms with Crippen LogP contribution in [0.1, 0.15) is 21.7 Å². The molecule has 1 aromatic carbocycles. The van der Waals surface area contributed by atoms with Crippen molar-refractivity contribution in [2.45, 2.75) is 13.5 Å². The van der Waals surface area contributed by atoms with E-state index >= 15 is 0 Å². The molecular formula is C13H13NO3. The lowest BCUT2D eigenvalue weighted by molar-refractivity contribution is 0.0949. The van der Waals surface area contributed by atoms with Crippen molar-refractivity contribution < 1.29 is 14.3 Å². The molecule has 0 aliphatic carbocycles. The van der Waals surface area contributed by atoms with Crippen LogP contribution in [0.2, 0.25) is 0 Å². The third-order valence-corrected chi connectivity index (χ3v) is 2.53. The number of aromatic hydroxyl groups is 1. The van der Waals surface area contributed by atoms with Gasteiger partial charge in [0.05, 0.1) is 11.8 Å². The zero-order valence-electron chi connectivity index (χ0n) is 9.43. The number of hydrogen-bond donors (Lipinski definition) is 2. The van der Waals surface area contributed by atoms with Gasteiger partial charge in [-0.25, -0.2) is 0 Å². The van der Waals surface area contributed by atoms with Gasteiger partial charge in [-0.15, -0.1) is 0 Å². The number of furan rings is 1. The lowest BCUT2D eigenvalue weighted by Crippen LogP contribution is -2.22. The first kappa shape index (κ1) is 11.3. The first-order valence-corrected chi connectivity index (χ1v) is 5.27. The molecule has 0 aliphatic rings. The summed E-state index contributed by atoms with van der Waals surface area (Å²) in [4.78, 5) is 11.8. The van der Waals surface area contributed by atoms with Gasteiger partial charge in [-0.05, 0) is 19.1 Å². The Morgan fingerprint density at radius 3 is 2.76 bits per heavy atom. The highest BCUT2D eigenvalue weighted by Crippen LogP contribution is 2.15. The summed E-state index contributed by atoms with van der Waals surface area (Å²) in [6.07, 6.45) is 1.48. The fourth-order valence-electron chi connectivity index (χ4n) is 1.55. The van der Waals surface area contributed by atoms with E-state index < -0.39 is 0 Å². The molecule has 0 radical (unpaired) electrons. The highest BCUT2D eigenvalue weighted by atomic mass is 16.3. The van der Waals surface area contributed by atoms with Crippen LogP contribution in [0, 0.1) is 6.92 Å². The Labute approximate surface area is 98.9 Å². The average molecular weight is 231 g/mol. The topological polar surface area (TPSA) is 62.5 Å². The molecule has 2 aromatic rings. The Morgan fingerprint density at radius 1 is 1.35 bits per heavy atom. The van der Waals surface area contributed by atoms with Crippen molar-refractivity contribution >= 4 is 5.91 Å². The second-order valence-corrected chi connectivity index (χ2v) is 3.70. The SMILES string of the molecule is Cc1occc1C(=O)NCc1ccccc1O. The Balaban J connectivity index is 2.02. The summed E-state index contributed by atoms with van der Waals surface area (Å²) in [5, 5.41) is 12.3. The number of para-hydroxylation sites is 1. The van der Waals surface area contributed by atoms with Gasteiger partial charge in [-0.3, -0.25) is 4.79 Å². The first-order chi connectivity index (χ1) is 8.18. The number of phenols is 1. The number of nitrogens with one attached hydrogen (secondary N) is 1. The summed E-state index contributed by atoms with van der Waals surface area (Å²) >= 11 is 0. The van der Waals surface area contributed by atoms with Crippen LogP contribution in [0.4, 0.5) is 0 Å². The van der Waals surface area contributed by atoms with Crippen molar-refractivity contribution in [2.24, 2.45) is 0 Å². The largest absolute Gasteiger partial charge is 0.508 e. The number of rotatable bonds is 3. The van der Waals surface area contributed by atoms with Crippen molar-refractivity contribution in [2.75, 3.05) is 0 Å². The quantitative estimate of drug-likeness (QED) is 0.851. The van der Waals surface area contributed by atoms with E-state index in [0.29, 0.717) is 16.9 Å². The summed E-state index contributed by atoms with van der Waals surface area (Å²) < 4.78 is 5.05. The van der Waals surface area contributed by atoms with E-state index in [9.17, 15) is 9.90 Å². The van der Waals surface area contributed by atoms with E-state index in [0.717, 1.165) is 0 Å². The molecule has 1 amide bonds. The predicted octanol–water partition coefficient (Wildman–Crippen LogP) is 2.22. The smallest absolute Gasteiger partial charge is 0.255 e. The molecule has 0 unspecified atom stereocenters. The van der Waals surface area contributed by atoms with Crippen molar-refractivity contribution in [3.05, 3.63) is 53.5 Å². The fourth-order valence-corrected chi connectivity index (χ4v) is 1.55. The monoisotopic (exact) mass is 231 g/mol. The number of amides is 1. The van der Waals surface area contributed by atoms with Crippen molar-refractivity contribution in [3.8, 4) is 5.75 Å². The van der Waals surface area contributed by atoms with Crippen LogP contribution >= 0.6 is 0 Å². The van der Waals surface area contributed by atoms with Gasteiger partial charge in [0.25, 0.3) is 5.91 Å². The summed E-state index contributed by atoms with van der Waals surface area (Å²) in [5.41, 5.74) is 1.20. The first-order valence-electron chi connectivity index (χ1n) is 5.27. The van der Waals surface area contributed by atoms with Gasteiger partial charge in [-0.2, -0.15) is 0 Å². The average Bonchev–Trinajstić information content (AvgIpc) is 2.74. The van der Waals surface area contributed by atoms with Gasteiger partial charge < -0.3 is 14.8 Å². The molecule has 0 aliphatic heterocycles. The molecule has 1 heterocycles. The second kappa shape index (κ2) is 4.74. The number of carbonyl (C=O) groups is 1. The van der Waals surface area contributed by atoms with Crippen LogP contribution in [0.25, 0.3) is 0 Å². The van der Waals surface area contributed by atoms with Crippen molar-refractivity contribution in [1.82, 2.24) is 5.32 Å². The fraction of sp³-hybridized carbons (Fsp3) is 0.154. The Morgan fingerprint density at radius 2 is 2.12 bits per heavy atom. The summed E-state index contributed by atoms with van der Waals surface area (Å²) in [7, 11) is 0. The molecule has 0 atom stereocenters. The van der Waals surface area contributed by atoms with E-state index in [1.807, 2.05) is 6.07 Å². The number of phenolic OH excluding ortho intramolecular Hbond substituents is 1. The van der Waals surface area contributed by atoms with Gasteiger partial charge in [-0.1, -0.05) is 18.2 Å². The molecule has 88 valence electrons. The molecule has 1 aromatic heterocycles. The predicted molar refractivity (Wildman–Crippen MR) is 62.7 cm³/mol. The Bertz CT molecular complexity index is 531. The molecular weight excluding hydrogens is 218 g/mol. The summed E-state index contributed by atoms with van der Waals surface area (Å²) in [6, 6.07) is 8.52. The molecule has 0 bridgehead atoms. The van der Waals surface area contributed by atoms with Crippen LogP contribution in [-0.2, 0) is 6.54 Å². The van der Waals surface area contributed by atoms with E-state index in [1.165, 1.54) is 6.26 Å². The molecule has 4 heteroatoms. The van der Waals surface area contributed by atoms with Crippen LogP contribution in [-0.4, -0.2) is 11.0 Å². The zero-order valence-corrected chi connectivity index (χ0v) is 9.43. The number of aryl methyl sites for hydroxylation is 1. The summed E-state index contributed by atoms with van der Waals surface area (Å²) in [6.45, 7) is 2.02. The van der Waals surface area contributed by atoms with Gasteiger partial charge in [0.2, 0.25) is 0 Å². The maximum atomic E-state index is 11.8. The van der Waals surface area contributed by atoms with Crippen LogP contribution < -0.4 is 5.32 Å². The van der Waals surface area contributed by atoms with E-state index in [2.05, 4.69) is 5.32 Å². The molecule has 0 saturated heterocycles. The third kappa shape index (κ3) is 2.47. The van der Waals surface area contributed by atoms with Gasteiger partial charge >= 0.3 is 0 Å².